The highest BCUT2D eigenvalue weighted by Crippen LogP contribution is 2.27. The molecule has 6 heteroatoms. The molecule has 5 nitrogen and oxygen atoms in total. The summed E-state index contributed by atoms with van der Waals surface area (Å²) in [5, 5.41) is 4.04. The molecule has 1 fully saturated rings. The standard InChI is InChI=1S/C12H16BrNO.C11H13N3.C8H16/c1-3-12(14-9(2)15)8-10-4-6-11(13)7-5-10;1-8-12-10-7-5-4-6-9(10)11(13-8)14(2)3;1-7-3-5-8(2)6-4-7/h4-7,12H,3,8H2,1-2H3,(H,14,15);4-7H,1-3H3;7-8H,3-6H2,1-2H3. The number of nitrogens with zero attached hydrogens (tertiary/aromatic N) is 3. The Morgan fingerprint density at radius 1 is 1.00 bits per heavy atom. The summed E-state index contributed by atoms with van der Waals surface area (Å²) >= 11 is 3.40. The Labute approximate surface area is 232 Å². The van der Waals surface area contributed by atoms with E-state index >= 15 is 0 Å². The summed E-state index contributed by atoms with van der Waals surface area (Å²) in [6.07, 6.45) is 7.74. The molecule has 1 aromatic heterocycles. The van der Waals surface area contributed by atoms with Gasteiger partial charge in [0.1, 0.15) is 11.6 Å². The molecular weight excluding hydrogens is 524 g/mol. The Morgan fingerprint density at radius 2 is 1.57 bits per heavy atom. The maximum absolute atomic E-state index is 10.9. The lowest BCUT2D eigenvalue weighted by atomic mass is 9.84. The Bertz CT molecular complexity index is 1080. The minimum absolute atomic E-state index is 0.0407. The summed E-state index contributed by atoms with van der Waals surface area (Å²) in [7, 11) is 3.99. The van der Waals surface area contributed by atoms with Crippen LogP contribution in [0.2, 0.25) is 0 Å². The molecule has 0 bridgehead atoms. The second kappa shape index (κ2) is 15.7. The Hall–Kier alpha value is -2.47. The molecule has 0 spiro atoms. The van der Waals surface area contributed by atoms with E-state index in [0.717, 1.165) is 51.7 Å². The van der Waals surface area contributed by atoms with Gasteiger partial charge in [-0.15, -0.1) is 0 Å². The summed E-state index contributed by atoms with van der Waals surface area (Å²) in [4.78, 5) is 21.7. The fourth-order valence-electron chi connectivity index (χ4n) is 4.43. The van der Waals surface area contributed by atoms with Crippen LogP contribution in [0.25, 0.3) is 10.9 Å². The molecule has 4 rings (SSSR count). The molecule has 1 aliphatic carbocycles. The molecule has 1 amide bonds. The molecule has 1 atom stereocenters. The third-order valence-electron chi connectivity index (χ3n) is 6.72. The SMILES string of the molecule is CC1CCC(C)CC1.CCC(Cc1ccc(Br)cc1)NC(C)=O.Cc1nc(N(C)C)c2ccccc2n1. The smallest absolute Gasteiger partial charge is 0.217 e. The summed E-state index contributed by atoms with van der Waals surface area (Å²) in [5.41, 5.74) is 2.25. The van der Waals surface area contributed by atoms with Crippen molar-refractivity contribution in [2.24, 2.45) is 11.8 Å². The monoisotopic (exact) mass is 568 g/mol. The number of aromatic nitrogens is 2. The van der Waals surface area contributed by atoms with Crippen LogP contribution < -0.4 is 10.2 Å². The molecule has 2 aromatic carbocycles. The van der Waals surface area contributed by atoms with E-state index in [1.165, 1.54) is 31.2 Å². The zero-order valence-electron chi connectivity index (χ0n) is 23.7. The Balaban J connectivity index is 0.000000204. The van der Waals surface area contributed by atoms with Gasteiger partial charge in [-0.05, 0) is 61.4 Å². The van der Waals surface area contributed by atoms with E-state index in [-0.39, 0.29) is 11.9 Å². The van der Waals surface area contributed by atoms with Crippen LogP contribution in [0, 0.1) is 18.8 Å². The molecule has 0 saturated heterocycles. The number of nitrogens with one attached hydrogen (secondary N) is 1. The Kier molecular flexibility index (Phi) is 13.1. The number of carbonyl (C=O) groups is 1. The molecule has 1 N–H and O–H groups in total. The molecule has 37 heavy (non-hydrogen) atoms. The molecular formula is C31H45BrN4O. The van der Waals surface area contributed by atoms with Crippen LogP contribution in [-0.2, 0) is 11.2 Å². The fraction of sp³-hybridized carbons (Fsp3) is 0.516. The number of benzene rings is 2. The topological polar surface area (TPSA) is 58.1 Å². The number of amides is 1. The summed E-state index contributed by atoms with van der Waals surface area (Å²) in [6, 6.07) is 16.5. The van der Waals surface area contributed by atoms with Crippen LogP contribution in [-0.4, -0.2) is 36.0 Å². The van der Waals surface area contributed by atoms with Crippen molar-refractivity contribution < 1.29 is 4.79 Å². The molecule has 0 aliphatic heterocycles. The molecule has 0 radical (unpaired) electrons. The van der Waals surface area contributed by atoms with Crippen LogP contribution >= 0.6 is 15.9 Å². The van der Waals surface area contributed by atoms with E-state index in [0.29, 0.717) is 0 Å². The zero-order chi connectivity index (χ0) is 27.4. The van der Waals surface area contributed by atoms with Crippen LogP contribution in [0.15, 0.2) is 53.0 Å². The van der Waals surface area contributed by atoms with Crippen LogP contribution in [0.4, 0.5) is 5.82 Å². The number of carbonyl (C=O) groups excluding carboxylic acids is 1. The average molecular weight is 570 g/mol. The highest BCUT2D eigenvalue weighted by atomic mass is 79.9. The van der Waals surface area contributed by atoms with Gasteiger partial charge in [0.05, 0.1) is 5.52 Å². The van der Waals surface area contributed by atoms with E-state index < -0.39 is 0 Å². The number of aryl methyl sites for hydroxylation is 1. The highest BCUT2D eigenvalue weighted by molar-refractivity contribution is 9.10. The van der Waals surface area contributed by atoms with E-state index in [2.05, 4.69) is 64.1 Å². The minimum Gasteiger partial charge on any atom is -0.362 e. The van der Waals surface area contributed by atoms with Gasteiger partial charge in [-0.25, -0.2) is 9.97 Å². The number of hydrogen-bond acceptors (Lipinski definition) is 4. The van der Waals surface area contributed by atoms with Crippen LogP contribution in [0.3, 0.4) is 0 Å². The first kappa shape index (κ1) is 30.8. The number of fused-ring (bicyclic) bond motifs is 1. The van der Waals surface area contributed by atoms with Gasteiger partial charge in [0.15, 0.2) is 0 Å². The number of para-hydroxylation sites is 1. The third kappa shape index (κ3) is 11.2. The number of hydrogen-bond donors (Lipinski definition) is 1. The van der Waals surface area contributed by atoms with Crippen molar-refractivity contribution in [1.82, 2.24) is 15.3 Å². The Morgan fingerprint density at radius 3 is 2.08 bits per heavy atom. The van der Waals surface area contributed by atoms with E-state index in [4.69, 9.17) is 0 Å². The van der Waals surface area contributed by atoms with E-state index in [1.54, 1.807) is 6.92 Å². The molecule has 1 aliphatic rings. The summed E-state index contributed by atoms with van der Waals surface area (Å²) < 4.78 is 1.08. The summed E-state index contributed by atoms with van der Waals surface area (Å²) in [6.45, 7) is 10.3. The van der Waals surface area contributed by atoms with Crippen LogP contribution in [0.5, 0.6) is 0 Å². The van der Waals surface area contributed by atoms with Gasteiger partial charge in [-0.1, -0.05) is 86.6 Å². The van der Waals surface area contributed by atoms with E-state index in [9.17, 15) is 4.79 Å². The highest BCUT2D eigenvalue weighted by Gasteiger charge is 2.13. The van der Waals surface area contributed by atoms with Crippen molar-refractivity contribution >= 4 is 38.6 Å². The lowest BCUT2D eigenvalue weighted by Crippen LogP contribution is -2.34. The molecule has 1 heterocycles. The van der Waals surface area contributed by atoms with Gasteiger partial charge >= 0.3 is 0 Å². The number of halogens is 1. The van der Waals surface area contributed by atoms with Crippen molar-refractivity contribution in [2.45, 2.75) is 79.2 Å². The second-order valence-electron chi connectivity index (χ2n) is 10.5. The van der Waals surface area contributed by atoms with Crippen molar-refractivity contribution in [1.29, 1.82) is 0 Å². The number of anilines is 1. The zero-order valence-corrected chi connectivity index (χ0v) is 25.3. The lowest BCUT2D eigenvalue weighted by Gasteiger charge is -2.22. The fourth-order valence-corrected chi connectivity index (χ4v) is 4.69. The maximum Gasteiger partial charge on any atom is 0.217 e. The first-order valence-electron chi connectivity index (χ1n) is 13.5. The first-order chi connectivity index (χ1) is 17.6. The van der Waals surface area contributed by atoms with Crippen molar-refractivity contribution in [3.05, 3.63) is 64.4 Å². The van der Waals surface area contributed by atoms with Gasteiger partial charge < -0.3 is 10.2 Å². The second-order valence-corrected chi connectivity index (χ2v) is 11.4. The maximum atomic E-state index is 10.9. The van der Waals surface area contributed by atoms with Gasteiger partial charge in [0, 0.05) is 36.9 Å². The van der Waals surface area contributed by atoms with Crippen molar-refractivity contribution in [2.75, 3.05) is 19.0 Å². The van der Waals surface area contributed by atoms with Gasteiger partial charge in [0.25, 0.3) is 0 Å². The van der Waals surface area contributed by atoms with Gasteiger partial charge in [-0.3, -0.25) is 4.79 Å². The quantitative estimate of drug-likeness (QED) is 0.342. The molecule has 3 aromatic rings. The van der Waals surface area contributed by atoms with Gasteiger partial charge in [-0.2, -0.15) is 0 Å². The first-order valence-corrected chi connectivity index (χ1v) is 14.3. The lowest BCUT2D eigenvalue weighted by molar-refractivity contribution is -0.119. The predicted molar refractivity (Wildman–Crippen MR) is 161 cm³/mol. The average Bonchev–Trinajstić information content (AvgIpc) is 2.86. The van der Waals surface area contributed by atoms with Crippen molar-refractivity contribution in [3.8, 4) is 0 Å². The molecule has 202 valence electrons. The van der Waals surface area contributed by atoms with E-state index in [1.807, 2.05) is 62.3 Å². The predicted octanol–water partition coefficient (Wildman–Crippen LogP) is 7.74. The van der Waals surface area contributed by atoms with Crippen LogP contribution in [0.1, 0.15) is 71.2 Å². The third-order valence-corrected chi connectivity index (χ3v) is 7.25. The molecule has 1 unspecified atom stereocenters. The minimum atomic E-state index is 0.0407. The number of rotatable bonds is 5. The van der Waals surface area contributed by atoms with Gasteiger partial charge in [0.2, 0.25) is 5.91 Å². The molecule has 1 saturated carbocycles. The largest absolute Gasteiger partial charge is 0.362 e. The summed E-state index contributed by atoms with van der Waals surface area (Å²) in [5.74, 6) is 3.87. The van der Waals surface area contributed by atoms with Crippen molar-refractivity contribution in [3.63, 3.8) is 0 Å². The normalized spacial score (nSPS) is 17.5.